The number of benzene rings is 2. The van der Waals surface area contributed by atoms with Crippen molar-refractivity contribution in [2.45, 2.75) is 6.18 Å². The Balaban J connectivity index is 2.20. The molecule has 0 saturated heterocycles. The van der Waals surface area contributed by atoms with Crippen molar-refractivity contribution in [3.05, 3.63) is 59.2 Å². The highest BCUT2D eigenvalue weighted by atomic mass is 19.4. The van der Waals surface area contributed by atoms with Crippen LogP contribution in [0.2, 0.25) is 0 Å². The van der Waals surface area contributed by atoms with Gasteiger partial charge in [0.1, 0.15) is 5.75 Å². The van der Waals surface area contributed by atoms with E-state index in [0.717, 1.165) is 12.3 Å². The van der Waals surface area contributed by atoms with E-state index in [1.54, 1.807) is 19.0 Å². The molecule has 0 bridgehead atoms. The fourth-order valence-electron chi connectivity index (χ4n) is 2.02. The first-order valence-electron chi connectivity index (χ1n) is 7.19. The van der Waals surface area contributed by atoms with Crippen molar-refractivity contribution in [1.82, 2.24) is 5.43 Å². The fourth-order valence-corrected chi connectivity index (χ4v) is 2.02. The molecule has 0 unspecified atom stereocenters. The SMILES string of the molecule is CN(C)c1ccc(/C=N/NC(=O)c2ccc(O)cc2)c(C(F)(F)F)c1. The Hall–Kier alpha value is -3.03. The number of carbonyl (C=O) groups is 1. The van der Waals surface area contributed by atoms with Gasteiger partial charge in [-0.2, -0.15) is 18.3 Å². The zero-order valence-electron chi connectivity index (χ0n) is 13.5. The van der Waals surface area contributed by atoms with E-state index >= 15 is 0 Å². The Morgan fingerprint density at radius 3 is 2.36 bits per heavy atom. The van der Waals surface area contributed by atoms with E-state index in [4.69, 9.17) is 5.11 Å². The molecule has 0 atom stereocenters. The predicted molar refractivity (Wildman–Crippen MR) is 88.9 cm³/mol. The summed E-state index contributed by atoms with van der Waals surface area (Å²) in [6.45, 7) is 0. The molecule has 0 aromatic heterocycles. The minimum Gasteiger partial charge on any atom is -0.508 e. The Morgan fingerprint density at radius 2 is 1.80 bits per heavy atom. The average Bonchev–Trinajstić information content (AvgIpc) is 2.54. The van der Waals surface area contributed by atoms with Gasteiger partial charge in [-0.3, -0.25) is 4.79 Å². The summed E-state index contributed by atoms with van der Waals surface area (Å²) in [6, 6.07) is 9.21. The molecule has 5 nitrogen and oxygen atoms in total. The van der Waals surface area contributed by atoms with E-state index in [0.29, 0.717) is 5.69 Å². The van der Waals surface area contributed by atoms with Crippen molar-refractivity contribution in [3.8, 4) is 5.75 Å². The molecule has 2 aromatic carbocycles. The number of anilines is 1. The maximum atomic E-state index is 13.2. The van der Waals surface area contributed by atoms with Crippen LogP contribution in [0.1, 0.15) is 21.5 Å². The Labute approximate surface area is 142 Å². The Kier molecular flexibility index (Phi) is 5.31. The molecule has 0 aliphatic carbocycles. The first-order chi connectivity index (χ1) is 11.7. The molecule has 2 N–H and O–H groups in total. The number of aromatic hydroxyl groups is 1. The van der Waals surface area contributed by atoms with Gasteiger partial charge in [0.25, 0.3) is 5.91 Å². The number of alkyl halides is 3. The van der Waals surface area contributed by atoms with E-state index in [1.165, 1.54) is 36.4 Å². The molecule has 0 heterocycles. The smallest absolute Gasteiger partial charge is 0.417 e. The van der Waals surface area contributed by atoms with E-state index in [9.17, 15) is 18.0 Å². The summed E-state index contributed by atoms with van der Waals surface area (Å²) >= 11 is 0. The molecule has 1 amide bonds. The van der Waals surface area contributed by atoms with Crippen LogP contribution in [-0.4, -0.2) is 31.3 Å². The summed E-state index contributed by atoms with van der Waals surface area (Å²) in [6.07, 6.45) is -3.60. The molecular formula is C17H16F3N3O2. The normalized spacial score (nSPS) is 11.6. The second kappa shape index (κ2) is 7.25. The zero-order chi connectivity index (χ0) is 18.6. The predicted octanol–water partition coefficient (Wildman–Crippen LogP) is 3.24. The number of phenols is 1. The van der Waals surface area contributed by atoms with Gasteiger partial charge >= 0.3 is 6.18 Å². The summed E-state index contributed by atoms with van der Waals surface area (Å²) in [4.78, 5) is 13.4. The van der Waals surface area contributed by atoms with Gasteiger partial charge in [0.05, 0.1) is 11.8 Å². The summed E-state index contributed by atoms with van der Waals surface area (Å²) < 4.78 is 39.6. The van der Waals surface area contributed by atoms with Crippen LogP contribution < -0.4 is 10.3 Å². The number of carbonyl (C=O) groups excluding carboxylic acids is 1. The van der Waals surface area contributed by atoms with Crippen LogP contribution >= 0.6 is 0 Å². The van der Waals surface area contributed by atoms with Crippen LogP contribution in [0.3, 0.4) is 0 Å². The highest BCUT2D eigenvalue weighted by Gasteiger charge is 2.33. The highest BCUT2D eigenvalue weighted by Crippen LogP contribution is 2.33. The highest BCUT2D eigenvalue weighted by molar-refractivity contribution is 5.95. The van der Waals surface area contributed by atoms with Crippen LogP contribution in [0, 0.1) is 0 Å². The maximum Gasteiger partial charge on any atom is 0.417 e. The number of hydrogen-bond donors (Lipinski definition) is 2. The molecule has 0 spiro atoms. The molecule has 8 heteroatoms. The minimum atomic E-state index is -4.55. The standard InChI is InChI=1S/C17H16F3N3O2/c1-23(2)13-6-3-12(15(9-13)17(18,19)20)10-21-22-16(25)11-4-7-14(24)8-5-11/h3-10,24H,1-2H3,(H,22,25)/b21-10+. The van der Waals surface area contributed by atoms with Crippen molar-refractivity contribution in [1.29, 1.82) is 0 Å². The van der Waals surface area contributed by atoms with Gasteiger partial charge in [0, 0.05) is 30.9 Å². The molecule has 0 aliphatic rings. The van der Waals surface area contributed by atoms with Crippen molar-refractivity contribution >= 4 is 17.8 Å². The second-order valence-corrected chi connectivity index (χ2v) is 5.41. The number of hydrogen-bond acceptors (Lipinski definition) is 4. The van der Waals surface area contributed by atoms with Gasteiger partial charge in [-0.05, 0) is 36.4 Å². The van der Waals surface area contributed by atoms with E-state index in [1.807, 2.05) is 0 Å². The molecule has 2 aromatic rings. The molecule has 132 valence electrons. The summed E-state index contributed by atoms with van der Waals surface area (Å²) in [5, 5.41) is 12.7. The first-order valence-corrected chi connectivity index (χ1v) is 7.19. The van der Waals surface area contributed by atoms with Crippen LogP contribution in [-0.2, 0) is 6.18 Å². The lowest BCUT2D eigenvalue weighted by molar-refractivity contribution is -0.137. The topological polar surface area (TPSA) is 64.9 Å². The van der Waals surface area contributed by atoms with E-state index in [2.05, 4.69) is 10.5 Å². The van der Waals surface area contributed by atoms with Crippen LogP contribution in [0.5, 0.6) is 5.75 Å². The number of rotatable bonds is 4. The van der Waals surface area contributed by atoms with Crippen molar-refractivity contribution in [3.63, 3.8) is 0 Å². The number of phenolic OH excluding ortho intramolecular Hbond substituents is 1. The average molecular weight is 351 g/mol. The Morgan fingerprint density at radius 1 is 1.16 bits per heavy atom. The maximum absolute atomic E-state index is 13.2. The Bertz CT molecular complexity index is 785. The summed E-state index contributed by atoms with van der Waals surface area (Å²) in [5.41, 5.74) is 1.76. The fraction of sp³-hybridized carbons (Fsp3) is 0.176. The van der Waals surface area contributed by atoms with Crippen molar-refractivity contribution in [2.24, 2.45) is 5.10 Å². The molecule has 0 fully saturated rings. The van der Waals surface area contributed by atoms with Gasteiger partial charge in [-0.25, -0.2) is 5.43 Å². The lowest BCUT2D eigenvalue weighted by Gasteiger charge is -2.16. The third-order valence-electron chi connectivity index (χ3n) is 3.36. The van der Waals surface area contributed by atoms with Gasteiger partial charge in [-0.1, -0.05) is 6.07 Å². The number of nitrogens with one attached hydrogen (secondary N) is 1. The van der Waals surface area contributed by atoms with Crippen molar-refractivity contribution in [2.75, 3.05) is 19.0 Å². The number of amides is 1. The number of halogens is 3. The first kappa shape index (κ1) is 18.3. The summed E-state index contributed by atoms with van der Waals surface area (Å²) in [5.74, 6) is -0.606. The molecule has 0 saturated carbocycles. The molecule has 0 radical (unpaired) electrons. The lowest BCUT2D eigenvalue weighted by Crippen LogP contribution is -2.18. The van der Waals surface area contributed by atoms with Crippen LogP contribution in [0.15, 0.2) is 47.6 Å². The third-order valence-corrected chi connectivity index (χ3v) is 3.36. The molecule has 0 aliphatic heterocycles. The van der Waals surface area contributed by atoms with Gasteiger partial charge in [-0.15, -0.1) is 0 Å². The largest absolute Gasteiger partial charge is 0.508 e. The van der Waals surface area contributed by atoms with Crippen LogP contribution in [0.4, 0.5) is 18.9 Å². The van der Waals surface area contributed by atoms with E-state index in [-0.39, 0.29) is 16.9 Å². The summed E-state index contributed by atoms with van der Waals surface area (Å²) in [7, 11) is 3.28. The van der Waals surface area contributed by atoms with E-state index < -0.39 is 17.6 Å². The minimum absolute atomic E-state index is 0.00384. The van der Waals surface area contributed by atoms with Gasteiger partial charge in [0.2, 0.25) is 0 Å². The lowest BCUT2D eigenvalue weighted by atomic mass is 10.1. The van der Waals surface area contributed by atoms with Crippen LogP contribution in [0.25, 0.3) is 0 Å². The zero-order valence-corrected chi connectivity index (χ0v) is 13.5. The third kappa shape index (κ3) is 4.72. The van der Waals surface area contributed by atoms with Gasteiger partial charge < -0.3 is 10.0 Å². The van der Waals surface area contributed by atoms with Crippen molar-refractivity contribution < 1.29 is 23.1 Å². The number of nitrogens with zero attached hydrogens (tertiary/aromatic N) is 2. The monoisotopic (exact) mass is 351 g/mol. The second-order valence-electron chi connectivity index (χ2n) is 5.41. The number of hydrazone groups is 1. The molecular weight excluding hydrogens is 335 g/mol. The molecule has 25 heavy (non-hydrogen) atoms. The quantitative estimate of drug-likeness (QED) is 0.657. The molecule has 2 rings (SSSR count). The van der Waals surface area contributed by atoms with Gasteiger partial charge in [0.15, 0.2) is 0 Å².